The predicted octanol–water partition coefficient (Wildman–Crippen LogP) is 4.68. The Bertz CT molecular complexity index is 1010. The number of hydrogen-bond acceptors (Lipinski definition) is 6. The number of hydrogen-bond donors (Lipinski definition) is 0. The van der Waals surface area contributed by atoms with Crippen molar-refractivity contribution in [1.82, 2.24) is 0 Å². The van der Waals surface area contributed by atoms with Gasteiger partial charge in [-0.1, -0.05) is 31.1 Å². The summed E-state index contributed by atoms with van der Waals surface area (Å²) in [6, 6.07) is 2.61. The van der Waals surface area contributed by atoms with Gasteiger partial charge in [-0.25, -0.2) is 13.2 Å². The molecule has 33 heavy (non-hydrogen) atoms. The molecule has 6 nitrogen and oxygen atoms in total. The number of benzene rings is 1. The lowest BCUT2D eigenvalue weighted by Gasteiger charge is -2.34. The molecule has 0 heterocycles. The normalized spacial score (nSPS) is 18.9. The van der Waals surface area contributed by atoms with E-state index >= 15 is 0 Å². The van der Waals surface area contributed by atoms with Crippen LogP contribution in [-0.2, 0) is 21.0 Å². The van der Waals surface area contributed by atoms with Crippen molar-refractivity contribution < 1.29 is 40.4 Å². The molecule has 2 saturated carbocycles. The Labute approximate surface area is 191 Å². The summed E-state index contributed by atoms with van der Waals surface area (Å²) >= 11 is 0. The number of ether oxygens (including phenoxy) is 2. The summed E-state index contributed by atoms with van der Waals surface area (Å²) in [5.41, 5.74) is -2.34. The second-order valence-electron chi connectivity index (χ2n) is 8.51. The first kappa shape index (κ1) is 25.4. The topological polar surface area (TPSA) is 92.7 Å². The Balaban J connectivity index is 1.89. The molecule has 0 amide bonds. The molecule has 0 atom stereocenters. The van der Waals surface area contributed by atoms with E-state index in [1.165, 1.54) is 0 Å². The number of alkyl halides is 3. The van der Waals surface area contributed by atoms with Gasteiger partial charge in [0.2, 0.25) is 0 Å². The van der Waals surface area contributed by atoms with Gasteiger partial charge in [0, 0.05) is 5.92 Å². The minimum atomic E-state index is -4.72. The van der Waals surface area contributed by atoms with Crippen molar-refractivity contribution in [2.24, 2.45) is 5.92 Å². The molecule has 2 aliphatic carbocycles. The van der Waals surface area contributed by atoms with E-state index in [0.717, 1.165) is 63.1 Å². The van der Waals surface area contributed by atoms with Crippen LogP contribution >= 0.6 is 0 Å². The summed E-state index contributed by atoms with van der Waals surface area (Å²) in [4.78, 5) is 12.2. The van der Waals surface area contributed by atoms with Gasteiger partial charge in [0.1, 0.15) is 12.4 Å². The molecule has 0 saturated heterocycles. The Morgan fingerprint density at radius 3 is 2.39 bits per heavy atom. The third-order valence-electron chi connectivity index (χ3n) is 5.92. The second-order valence-corrected chi connectivity index (χ2v) is 10.0. The fourth-order valence-corrected chi connectivity index (χ4v) is 4.46. The standard InChI is InChI=1S/C23H27F3O6S/c24-23(25,26)19-9-8-18(21(27)31-14-15-33(28,29)30)16-20(19)32-22(11-4-1-5-12-22)13-10-17-6-2-3-7-17/h8-9,16-17H,1-7,11-12,14-15H2,(H,28,29,30)/p-1. The fourth-order valence-electron chi connectivity index (χ4n) is 4.18. The number of esters is 1. The highest BCUT2D eigenvalue weighted by atomic mass is 32.2. The van der Waals surface area contributed by atoms with Gasteiger partial charge in [-0.2, -0.15) is 13.2 Å². The highest BCUT2D eigenvalue weighted by Gasteiger charge is 2.39. The quantitative estimate of drug-likeness (QED) is 0.329. The van der Waals surface area contributed by atoms with Gasteiger partial charge in [-0.05, 0) is 56.7 Å². The molecule has 1 aromatic carbocycles. The average molecular weight is 488 g/mol. The summed E-state index contributed by atoms with van der Waals surface area (Å²) in [6.07, 6.45) is 2.85. The molecule has 3 rings (SSSR count). The lowest BCUT2D eigenvalue weighted by atomic mass is 9.84. The Kier molecular flexibility index (Phi) is 7.96. The minimum absolute atomic E-state index is 0.216. The van der Waals surface area contributed by atoms with Crippen LogP contribution in [0.3, 0.4) is 0 Å². The first-order valence-corrected chi connectivity index (χ1v) is 12.6. The van der Waals surface area contributed by atoms with Crippen molar-refractivity contribution in [1.29, 1.82) is 0 Å². The first-order chi connectivity index (χ1) is 15.5. The van der Waals surface area contributed by atoms with E-state index in [4.69, 9.17) is 9.47 Å². The maximum atomic E-state index is 13.7. The molecular weight excluding hydrogens is 461 g/mol. The van der Waals surface area contributed by atoms with Crippen LogP contribution in [0.4, 0.5) is 13.2 Å². The molecule has 2 aliphatic rings. The summed E-state index contributed by atoms with van der Waals surface area (Å²) < 4.78 is 83.8. The second kappa shape index (κ2) is 10.3. The smallest absolute Gasteiger partial charge is 0.419 e. The molecule has 0 aliphatic heterocycles. The molecule has 0 bridgehead atoms. The summed E-state index contributed by atoms with van der Waals surface area (Å²) in [5.74, 6) is 4.08. The van der Waals surface area contributed by atoms with Crippen LogP contribution in [0.1, 0.15) is 73.7 Å². The van der Waals surface area contributed by atoms with Crippen molar-refractivity contribution in [3.05, 3.63) is 29.3 Å². The lowest BCUT2D eigenvalue weighted by Crippen LogP contribution is -2.37. The molecule has 0 N–H and O–H groups in total. The molecule has 1 aromatic rings. The van der Waals surface area contributed by atoms with Gasteiger partial charge in [-0.15, -0.1) is 0 Å². The number of carbonyl (C=O) groups excluding carboxylic acids is 1. The number of carbonyl (C=O) groups is 1. The largest absolute Gasteiger partial charge is 0.748 e. The van der Waals surface area contributed by atoms with Crippen molar-refractivity contribution in [2.75, 3.05) is 12.4 Å². The van der Waals surface area contributed by atoms with Gasteiger partial charge >= 0.3 is 12.1 Å². The van der Waals surface area contributed by atoms with Gasteiger partial charge in [0.05, 0.1) is 27.0 Å². The molecule has 2 fully saturated rings. The van der Waals surface area contributed by atoms with Crippen molar-refractivity contribution in [2.45, 2.75) is 69.6 Å². The SMILES string of the molecule is O=C(OCCS(=O)(=O)[O-])c1ccc(C(F)(F)F)c(OC2(C#CC3CCCC3)CCCCC2)c1. The van der Waals surface area contributed by atoms with Gasteiger partial charge < -0.3 is 14.0 Å². The molecule has 0 spiro atoms. The van der Waals surface area contributed by atoms with E-state index in [1.807, 2.05) is 0 Å². The van der Waals surface area contributed by atoms with E-state index in [0.29, 0.717) is 12.8 Å². The van der Waals surface area contributed by atoms with Crippen molar-refractivity contribution in [3.63, 3.8) is 0 Å². The van der Waals surface area contributed by atoms with Gasteiger partial charge in [0.25, 0.3) is 0 Å². The minimum Gasteiger partial charge on any atom is -0.748 e. The van der Waals surface area contributed by atoms with E-state index in [1.54, 1.807) is 0 Å². The van der Waals surface area contributed by atoms with Crippen LogP contribution in [0.2, 0.25) is 0 Å². The van der Waals surface area contributed by atoms with Crippen molar-refractivity contribution >= 4 is 16.1 Å². The lowest BCUT2D eigenvalue weighted by molar-refractivity contribution is -0.139. The zero-order valence-electron chi connectivity index (χ0n) is 18.1. The fraction of sp³-hybridized carbons (Fsp3) is 0.609. The van der Waals surface area contributed by atoms with E-state index in [2.05, 4.69) is 11.8 Å². The predicted molar refractivity (Wildman–Crippen MR) is 112 cm³/mol. The van der Waals surface area contributed by atoms with Crippen LogP contribution in [0.15, 0.2) is 18.2 Å². The molecule has 10 heteroatoms. The van der Waals surface area contributed by atoms with Gasteiger partial charge in [-0.3, -0.25) is 0 Å². The molecule has 0 aromatic heterocycles. The average Bonchev–Trinajstić information content (AvgIpc) is 3.25. The van der Waals surface area contributed by atoms with Crippen molar-refractivity contribution in [3.8, 4) is 17.6 Å². The Hall–Kier alpha value is -2.25. The Morgan fingerprint density at radius 1 is 1.12 bits per heavy atom. The summed E-state index contributed by atoms with van der Waals surface area (Å²) in [5, 5.41) is 0. The van der Waals surface area contributed by atoms with Crippen LogP contribution in [0, 0.1) is 17.8 Å². The van der Waals surface area contributed by atoms with E-state index < -0.39 is 51.5 Å². The highest BCUT2D eigenvalue weighted by molar-refractivity contribution is 7.85. The van der Waals surface area contributed by atoms with Crippen LogP contribution in [-0.4, -0.2) is 36.9 Å². The van der Waals surface area contributed by atoms with Crippen LogP contribution < -0.4 is 4.74 Å². The van der Waals surface area contributed by atoms with E-state index in [9.17, 15) is 30.9 Å². The molecule has 0 unspecified atom stereocenters. The Morgan fingerprint density at radius 2 is 1.79 bits per heavy atom. The number of halogens is 3. The zero-order valence-corrected chi connectivity index (χ0v) is 18.9. The van der Waals surface area contributed by atoms with E-state index in [-0.39, 0.29) is 11.5 Å². The molecule has 0 radical (unpaired) electrons. The maximum Gasteiger partial charge on any atom is 0.419 e. The maximum absolute atomic E-state index is 13.7. The monoisotopic (exact) mass is 487 g/mol. The third kappa shape index (κ3) is 7.37. The summed E-state index contributed by atoms with van der Waals surface area (Å²) in [6.45, 7) is -0.696. The van der Waals surface area contributed by atoms with Crippen LogP contribution in [0.25, 0.3) is 0 Å². The molecule has 182 valence electrons. The zero-order chi connectivity index (χ0) is 24.1. The van der Waals surface area contributed by atoms with Gasteiger partial charge in [0.15, 0.2) is 5.60 Å². The third-order valence-corrected chi connectivity index (χ3v) is 6.58. The highest BCUT2D eigenvalue weighted by Crippen LogP contribution is 2.41. The first-order valence-electron chi connectivity index (χ1n) is 11.0. The molecular formula is C23H26F3O6S-. The summed E-state index contributed by atoms with van der Waals surface area (Å²) in [7, 11) is -4.59. The number of rotatable bonds is 6. The van der Waals surface area contributed by atoms with Crippen LogP contribution in [0.5, 0.6) is 5.75 Å².